The number of nitrogens with one attached hydrogen (secondary N) is 1. The maximum absolute atomic E-state index is 12.8. The fourth-order valence-corrected chi connectivity index (χ4v) is 3.55. The highest BCUT2D eigenvalue weighted by molar-refractivity contribution is 9.10. The molecule has 1 amide bonds. The van der Waals surface area contributed by atoms with E-state index in [1.807, 2.05) is 24.3 Å². The molecule has 0 bridgehead atoms. The lowest BCUT2D eigenvalue weighted by molar-refractivity contribution is -0.142. The van der Waals surface area contributed by atoms with Gasteiger partial charge in [-0.1, -0.05) is 47.3 Å². The standard InChI is InChI=1S/C17H22BrNO4/c18-14-6-4-5-13(11-14)17(7-2-1-3-8-17)16(22)19-9-10-23-12-15(20)21/h4-6,11H,1-3,7-10,12H2,(H,19,22)(H,20,21). The summed E-state index contributed by atoms with van der Waals surface area (Å²) < 4.78 is 5.94. The van der Waals surface area contributed by atoms with Crippen LogP contribution in [-0.4, -0.2) is 36.7 Å². The molecule has 2 N–H and O–H groups in total. The zero-order valence-corrected chi connectivity index (χ0v) is 14.6. The van der Waals surface area contributed by atoms with Crippen molar-refractivity contribution >= 4 is 27.8 Å². The number of amides is 1. The SMILES string of the molecule is O=C(O)COCCNC(=O)C1(c2cccc(Br)c2)CCCCC1. The van der Waals surface area contributed by atoms with Crippen molar-refractivity contribution in [2.45, 2.75) is 37.5 Å². The van der Waals surface area contributed by atoms with Gasteiger partial charge in [0.05, 0.1) is 12.0 Å². The van der Waals surface area contributed by atoms with Crippen LogP contribution in [0.15, 0.2) is 28.7 Å². The summed E-state index contributed by atoms with van der Waals surface area (Å²) in [5, 5.41) is 11.4. The van der Waals surface area contributed by atoms with Gasteiger partial charge >= 0.3 is 5.97 Å². The Morgan fingerprint density at radius 3 is 2.65 bits per heavy atom. The summed E-state index contributed by atoms with van der Waals surface area (Å²) in [6.45, 7) is 0.182. The summed E-state index contributed by atoms with van der Waals surface area (Å²) >= 11 is 3.48. The summed E-state index contributed by atoms with van der Waals surface area (Å²) in [4.78, 5) is 23.2. The first kappa shape index (κ1) is 17.9. The topological polar surface area (TPSA) is 75.6 Å². The van der Waals surface area contributed by atoms with Gasteiger partial charge in [-0.15, -0.1) is 0 Å². The van der Waals surface area contributed by atoms with E-state index < -0.39 is 11.4 Å². The van der Waals surface area contributed by atoms with Crippen molar-refractivity contribution in [2.24, 2.45) is 0 Å². The largest absolute Gasteiger partial charge is 0.480 e. The Balaban J connectivity index is 2.03. The molecule has 1 saturated carbocycles. The minimum absolute atomic E-state index is 0.00854. The van der Waals surface area contributed by atoms with Gasteiger partial charge in [-0.25, -0.2) is 4.79 Å². The predicted molar refractivity (Wildman–Crippen MR) is 90.4 cm³/mol. The molecule has 0 spiro atoms. The summed E-state index contributed by atoms with van der Waals surface area (Å²) in [6.07, 6.45) is 4.91. The van der Waals surface area contributed by atoms with Crippen molar-refractivity contribution in [3.8, 4) is 0 Å². The van der Waals surface area contributed by atoms with Crippen LogP contribution < -0.4 is 5.32 Å². The van der Waals surface area contributed by atoms with Gasteiger partial charge in [0.2, 0.25) is 5.91 Å². The van der Waals surface area contributed by atoms with Crippen molar-refractivity contribution in [1.29, 1.82) is 0 Å². The first-order valence-corrected chi connectivity index (χ1v) is 8.68. The number of carbonyl (C=O) groups excluding carboxylic acids is 1. The van der Waals surface area contributed by atoms with Gasteiger partial charge in [0.25, 0.3) is 0 Å². The van der Waals surface area contributed by atoms with Crippen LogP contribution in [0.25, 0.3) is 0 Å². The molecule has 6 heteroatoms. The number of aliphatic carboxylic acids is 1. The van der Waals surface area contributed by atoms with Crippen LogP contribution in [0.5, 0.6) is 0 Å². The van der Waals surface area contributed by atoms with E-state index in [2.05, 4.69) is 21.2 Å². The third kappa shape index (κ3) is 4.78. The van der Waals surface area contributed by atoms with E-state index in [4.69, 9.17) is 9.84 Å². The van der Waals surface area contributed by atoms with Crippen molar-refractivity contribution in [2.75, 3.05) is 19.8 Å². The summed E-state index contributed by atoms with van der Waals surface area (Å²) in [5.74, 6) is -0.997. The molecule has 1 aromatic carbocycles. The lowest BCUT2D eigenvalue weighted by Crippen LogP contribution is -2.46. The number of ether oxygens (including phenoxy) is 1. The fourth-order valence-electron chi connectivity index (χ4n) is 3.15. The third-order valence-corrected chi connectivity index (χ3v) is 4.77. The zero-order chi connectivity index (χ0) is 16.7. The van der Waals surface area contributed by atoms with Crippen LogP contribution >= 0.6 is 15.9 Å². The zero-order valence-electron chi connectivity index (χ0n) is 13.0. The van der Waals surface area contributed by atoms with Crippen LogP contribution in [0.1, 0.15) is 37.7 Å². The van der Waals surface area contributed by atoms with Crippen LogP contribution in [0, 0.1) is 0 Å². The van der Waals surface area contributed by atoms with Gasteiger partial charge in [-0.2, -0.15) is 0 Å². The molecule has 0 atom stereocenters. The lowest BCUT2D eigenvalue weighted by Gasteiger charge is -2.36. The molecule has 0 radical (unpaired) electrons. The number of hydrogen-bond acceptors (Lipinski definition) is 3. The van der Waals surface area contributed by atoms with Gasteiger partial charge < -0.3 is 15.2 Å². The molecule has 1 aliphatic carbocycles. The van der Waals surface area contributed by atoms with Gasteiger partial charge in [0.1, 0.15) is 6.61 Å². The summed E-state index contributed by atoms with van der Waals surface area (Å²) in [5.41, 5.74) is 0.546. The number of carboxylic acids is 1. The van der Waals surface area contributed by atoms with Crippen LogP contribution in [0.2, 0.25) is 0 Å². The molecule has 1 fully saturated rings. The van der Waals surface area contributed by atoms with E-state index in [1.54, 1.807) is 0 Å². The van der Waals surface area contributed by atoms with Crippen molar-refractivity contribution in [3.63, 3.8) is 0 Å². The Morgan fingerprint density at radius 1 is 1.26 bits per heavy atom. The quantitative estimate of drug-likeness (QED) is 0.709. The number of benzene rings is 1. The maximum atomic E-state index is 12.8. The summed E-state index contributed by atoms with van der Waals surface area (Å²) in [7, 11) is 0. The highest BCUT2D eigenvalue weighted by Crippen LogP contribution is 2.40. The fraction of sp³-hybridized carbons (Fsp3) is 0.529. The number of carboxylic acid groups (broad SMARTS) is 1. The monoisotopic (exact) mass is 383 g/mol. The molecule has 0 aromatic heterocycles. The molecular weight excluding hydrogens is 362 g/mol. The second-order valence-electron chi connectivity index (χ2n) is 5.86. The molecule has 1 aromatic rings. The molecular formula is C17H22BrNO4. The molecule has 0 saturated heterocycles. The molecule has 2 rings (SSSR count). The second-order valence-corrected chi connectivity index (χ2v) is 6.77. The van der Waals surface area contributed by atoms with E-state index in [9.17, 15) is 9.59 Å². The minimum atomic E-state index is -1.01. The molecule has 0 heterocycles. The second kappa shape index (κ2) is 8.45. The van der Waals surface area contributed by atoms with Crippen LogP contribution in [-0.2, 0) is 19.7 Å². The molecule has 1 aliphatic rings. The van der Waals surface area contributed by atoms with Gasteiger partial charge in [-0.05, 0) is 30.5 Å². The normalized spacial score (nSPS) is 16.7. The highest BCUT2D eigenvalue weighted by atomic mass is 79.9. The van der Waals surface area contributed by atoms with Gasteiger partial charge in [0, 0.05) is 11.0 Å². The Morgan fingerprint density at radius 2 is 2.00 bits per heavy atom. The Kier molecular flexibility index (Phi) is 6.59. The molecule has 0 aliphatic heterocycles. The third-order valence-electron chi connectivity index (χ3n) is 4.28. The maximum Gasteiger partial charge on any atom is 0.329 e. The Labute approximate surface area is 144 Å². The molecule has 0 unspecified atom stereocenters. The smallest absolute Gasteiger partial charge is 0.329 e. The predicted octanol–water partition coefficient (Wildman–Crippen LogP) is 2.87. The van der Waals surface area contributed by atoms with Crippen molar-refractivity contribution in [1.82, 2.24) is 5.32 Å². The highest BCUT2D eigenvalue weighted by Gasteiger charge is 2.40. The Bertz CT molecular complexity index is 555. The average molecular weight is 384 g/mol. The van der Waals surface area contributed by atoms with E-state index in [0.29, 0.717) is 6.54 Å². The van der Waals surface area contributed by atoms with Crippen LogP contribution in [0.4, 0.5) is 0 Å². The van der Waals surface area contributed by atoms with Gasteiger partial charge in [-0.3, -0.25) is 4.79 Å². The van der Waals surface area contributed by atoms with Crippen molar-refractivity contribution < 1.29 is 19.4 Å². The van der Waals surface area contributed by atoms with Gasteiger partial charge in [0.15, 0.2) is 0 Å². The van der Waals surface area contributed by atoms with Crippen molar-refractivity contribution in [3.05, 3.63) is 34.3 Å². The lowest BCUT2D eigenvalue weighted by atomic mass is 9.68. The number of hydrogen-bond donors (Lipinski definition) is 2. The van der Waals surface area contributed by atoms with E-state index >= 15 is 0 Å². The van der Waals surface area contributed by atoms with E-state index in [-0.39, 0.29) is 19.1 Å². The minimum Gasteiger partial charge on any atom is -0.480 e. The number of carbonyl (C=O) groups is 2. The van der Waals surface area contributed by atoms with E-state index in [1.165, 1.54) is 0 Å². The molecule has 126 valence electrons. The average Bonchev–Trinajstić information content (AvgIpc) is 2.54. The molecule has 23 heavy (non-hydrogen) atoms. The van der Waals surface area contributed by atoms with Crippen LogP contribution in [0.3, 0.4) is 0 Å². The number of rotatable bonds is 7. The van der Waals surface area contributed by atoms with E-state index in [0.717, 1.165) is 42.1 Å². The Hall–Kier alpha value is -1.40. The summed E-state index contributed by atoms with van der Waals surface area (Å²) in [6, 6.07) is 7.94. The molecule has 5 nitrogen and oxygen atoms in total. The first-order valence-electron chi connectivity index (χ1n) is 7.88. The first-order chi connectivity index (χ1) is 11.0. The number of halogens is 1.